The molecule has 2 rings (SSSR count). The van der Waals surface area contributed by atoms with Crippen molar-refractivity contribution in [3.8, 4) is 23.5 Å². The molecule has 0 spiro atoms. The van der Waals surface area contributed by atoms with Crippen molar-refractivity contribution in [3.05, 3.63) is 59.2 Å². The molecule has 0 saturated heterocycles. The number of hydroxylamine groups is 1. The first kappa shape index (κ1) is 25.7. The lowest BCUT2D eigenvalue weighted by atomic mass is 9.78. The maximum atomic E-state index is 13.3. The normalized spacial score (nSPS) is 13.4. The van der Waals surface area contributed by atoms with Crippen LogP contribution in [-0.4, -0.2) is 58.9 Å². The molecule has 2 atom stereocenters. The number of hydrazine groups is 1. The Morgan fingerprint density at radius 2 is 1.73 bits per heavy atom. The van der Waals surface area contributed by atoms with E-state index in [2.05, 4.69) is 16.7 Å². The summed E-state index contributed by atoms with van der Waals surface area (Å²) in [5, 5.41) is 31.1. The van der Waals surface area contributed by atoms with Crippen molar-refractivity contribution >= 4 is 17.6 Å². The highest BCUT2D eigenvalue weighted by Gasteiger charge is 2.51. The van der Waals surface area contributed by atoms with Crippen LogP contribution in [-0.2, 0) is 9.59 Å². The van der Waals surface area contributed by atoms with Crippen LogP contribution in [0.5, 0.6) is 0 Å². The summed E-state index contributed by atoms with van der Waals surface area (Å²) >= 11 is 0. The summed E-state index contributed by atoms with van der Waals surface area (Å²) in [7, 11) is 2.52. The number of carbonyl (C=O) groups excluding carboxylic acids is 3. The van der Waals surface area contributed by atoms with E-state index in [0.29, 0.717) is 11.1 Å². The standard InChI is InChI=1S/C24H27N3O6/c1-5-15-14-18(16-6-8-17(9-7-16)20(29)12-13-28)10-11-19(15)21(30)24(2,22(31)25-3)23(32)27(33)26-4/h1,6-11,14,20,26,28-29,33H,12-13H2,2-4H3,(H,25,31)/t20-,24+/m1/s1. The van der Waals surface area contributed by atoms with Gasteiger partial charge in [-0.1, -0.05) is 36.3 Å². The van der Waals surface area contributed by atoms with Crippen LogP contribution < -0.4 is 10.7 Å². The Balaban J connectivity index is 2.48. The van der Waals surface area contributed by atoms with Crippen molar-refractivity contribution in [2.45, 2.75) is 19.4 Å². The number of aliphatic hydroxyl groups excluding tert-OH is 2. The Hall–Kier alpha value is -3.55. The van der Waals surface area contributed by atoms with Crippen molar-refractivity contribution < 1.29 is 29.8 Å². The number of terminal acetylenes is 1. The largest absolute Gasteiger partial charge is 0.396 e. The number of nitrogens with one attached hydrogen (secondary N) is 2. The molecular formula is C24H27N3O6. The predicted molar refractivity (Wildman–Crippen MR) is 121 cm³/mol. The van der Waals surface area contributed by atoms with Gasteiger partial charge in [-0.2, -0.15) is 0 Å². The monoisotopic (exact) mass is 453 g/mol. The van der Waals surface area contributed by atoms with E-state index in [1.165, 1.54) is 20.2 Å². The van der Waals surface area contributed by atoms with Gasteiger partial charge in [-0.15, -0.1) is 11.6 Å². The summed E-state index contributed by atoms with van der Waals surface area (Å²) in [6.45, 7) is 0.978. The van der Waals surface area contributed by atoms with Gasteiger partial charge >= 0.3 is 0 Å². The second-order valence-corrected chi connectivity index (χ2v) is 7.43. The Kier molecular flexibility index (Phi) is 8.45. The molecule has 0 heterocycles. The molecule has 9 heteroatoms. The molecule has 0 bridgehead atoms. The number of aliphatic hydroxyl groups is 2. The lowest BCUT2D eigenvalue weighted by Crippen LogP contribution is -2.56. The molecule has 0 radical (unpaired) electrons. The summed E-state index contributed by atoms with van der Waals surface area (Å²) in [5.74, 6) is -0.526. The van der Waals surface area contributed by atoms with Crippen LogP contribution in [0.1, 0.15) is 40.9 Å². The number of Topliss-reactive ketones (excluding diaryl/α,β-unsaturated/α-hetero) is 1. The highest BCUT2D eigenvalue weighted by molar-refractivity contribution is 6.27. The zero-order chi connectivity index (χ0) is 24.8. The molecule has 2 amide bonds. The third-order valence-electron chi connectivity index (χ3n) is 5.42. The summed E-state index contributed by atoms with van der Waals surface area (Å²) in [6, 6.07) is 11.6. The lowest BCUT2D eigenvalue weighted by molar-refractivity contribution is -0.186. The van der Waals surface area contributed by atoms with Gasteiger partial charge in [-0.05, 0) is 35.7 Å². The molecule has 0 aliphatic rings. The van der Waals surface area contributed by atoms with Crippen LogP contribution >= 0.6 is 0 Å². The minimum atomic E-state index is -2.27. The van der Waals surface area contributed by atoms with Crippen LogP contribution in [0.3, 0.4) is 0 Å². The number of hydrogen-bond donors (Lipinski definition) is 5. The van der Waals surface area contributed by atoms with Crippen LogP contribution in [0, 0.1) is 17.8 Å². The van der Waals surface area contributed by atoms with Gasteiger partial charge in [0.2, 0.25) is 5.91 Å². The summed E-state index contributed by atoms with van der Waals surface area (Å²) in [4.78, 5) is 38.5. The van der Waals surface area contributed by atoms with Crippen molar-refractivity contribution in [2.24, 2.45) is 5.41 Å². The molecule has 174 valence electrons. The van der Waals surface area contributed by atoms with Crippen LogP contribution in [0.15, 0.2) is 42.5 Å². The third kappa shape index (κ3) is 5.10. The van der Waals surface area contributed by atoms with Gasteiger partial charge in [0.25, 0.3) is 5.91 Å². The van der Waals surface area contributed by atoms with Gasteiger partial charge in [0.05, 0.1) is 6.10 Å². The highest BCUT2D eigenvalue weighted by Crippen LogP contribution is 2.30. The summed E-state index contributed by atoms with van der Waals surface area (Å²) in [6.07, 6.45) is 5.07. The first-order chi connectivity index (χ1) is 15.6. The van der Waals surface area contributed by atoms with E-state index >= 15 is 0 Å². The molecule has 2 aromatic rings. The molecular weight excluding hydrogens is 426 g/mol. The van der Waals surface area contributed by atoms with E-state index in [4.69, 9.17) is 11.5 Å². The first-order valence-electron chi connectivity index (χ1n) is 10.1. The molecule has 0 aliphatic carbocycles. The minimum Gasteiger partial charge on any atom is -0.396 e. The van der Waals surface area contributed by atoms with E-state index in [9.17, 15) is 24.7 Å². The first-order valence-corrected chi connectivity index (χ1v) is 10.1. The van der Waals surface area contributed by atoms with Crippen LogP contribution in [0.4, 0.5) is 0 Å². The third-order valence-corrected chi connectivity index (χ3v) is 5.42. The zero-order valence-corrected chi connectivity index (χ0v) is 18.6. The van der Waals surface area contributed by atoms with Gasteiger partial charge in [0.1, 0.15) is 0 Å². The fraction of sp³-hybridized carbons (Fsp3) is 0.292. The number of rotatable bonds is 9. The predicted octanol–water partition coefficient (Wildman–Crippen LogP) is 1.04. The van der Waals surface area contributed by atoms with Crippen molar-refractivity contribution in [3.63, 3.8) is 0 Å². The average Bonchev–Trinajstić information content (AvgIpc) is 2.85. The minimum absolute atomic E-state index is 0.0276. The SMILES string of the molecule is C#Cc1cc(-c2ccc([C@H](O)CCO)cc2)ccc1C(=O)[C@@](C)(C(=O)NC)C(=O)N(O)NC. The number of amides is 2. The maximum absolute atomic E-state index is 13.3. The van der Waals surface area contributed by atoms with Gasteiger partial charge in [-0.25, -0.2) is 5.43 Å². The van der Waals surface area contributed by atoms with Gasteiger partial charge in [0, 0.05) is 38.2 Å². The summed E-state index contributed by atoms with van der Waals surface area (Å²) < 4.78 is 0. The van der Waals surface area contributed by atoms with Crippen molar-refractivity contribution in [1.82, 2.24) is 15.9 Å². The molecule has 5 N–H and O–H groups in total. The lowest BCUT2D eigenvalue weighted by Gasteiger charge is -2.28. The van der Waals surface area contributed by atoms with E-state index in [0.717, 1.165) is 12.5 Å². The van der Waals surface area contributed by atoms with Crippen LogP contribution in [0.2, 0.25) is 0 Å². The molecule has 9 nitrogen and oxygen atoms in total. The van der Waals surface area contributed by atoms with Crippen molar-refractivity contribution in [2.75, 3.05) is 20.7 Å². The molecule has 2 aromatic carbocycles. The number of hydrogen-bond acceptors (Lipinski definition) is 7. The fourth-order valence-corrected chi connectivity index (χ4v) is 3.36. The molecule has 0 fully saturated rings. The van der Waals surface area contributed by atoms with E-state index in [-0.39, 0.29) is 29.3 Å². The van der Waals surface area contributed by atoms with E-state index in [1.807, 2.05) is 0 Å². The smallest absolute Gasteiger partial charge is 0.284 e. The quantitative estimate of drug-likeness (QED) is 0.126. The Bertz CT molecular complexity index is 1080. The average molecular weight is 453 g/mol. The van der Waals surface area contributed by atoms with Gasteiger partial charge < -0.3 is 15.5 Å². The van der Waals surface area contributed by atoms with Gasteiger partial charge in [0.15, 0.2) is 11.2 Å². The highest BCUT2D eigenvalue weighted by atomic mass is 16.6. The Morgan fingerprint density at radius 1 is 1.12 bits per heavy atom. The summed E-state index contributed by atoms with van der Waals surface area (Å²) in [5.41, 5.74) is 2.11. The maximum Gasteiger partial charge on any atom is 0.284 e. The second-order valence-electron chi connectivity index (χ2n) is 7.43. The topological polar surface area (TPSA) is 139 Å². The van der Waals surface area contributed by atoms with E-state index in [1.54, 1.807) is 36.4 Å². The fourth-order valence-electron chi connectivity index (χ4n) is 3.36. The number of carbonyl (C=O) groups is 3. The Labute approximate surface area is 192 Å². The number of benzene rings is 2. The molecule has 0 unspecified atom stereocenters. The number of ketones is 1. The molecule has 33 heavy (non-hydrogen) atoms. The van der Waals surface area contributed by atoms with Crippen molar-refractivity contribution in [1.29, 1.82) is 0 Å². The number of nitrogens with zero attached hydrogens (tertiary/aromatic N) is 1. The van der Waals surface area contributed by atoms with Gasteiger partial charge in [-0.3, -0.25) is 19.6 Å². The van der Waals surface area contributed by atoms with Crippen LogP contribution in [0.25, 0.3) is 11.1 Å². The molecule has 0 saturated carbocycles. The molecule has 0 aliphatic heterocycles. The second kappa shape index (κ2) is 10.8. The molecule has 0 aromatic heterocycles. The zero-order valence-electron chi connectivity index (χ0n) is 18.6. The Morgan fingerprint density at radius 3 is 2.24 bits per heavy atom. The van der Waals surface area contributed by atoms with E-state index < -0.39 is 29.1 Å².